The molecule has 0 spiro atoms. The second kappa shape index (κ2) is 8.88. The van der Waals surface area contributed by atoms with Crippen molar-refractivity contribution < 1.29 is 4.74 Å². The molecule has 0 aliphatic heterocycles. The number of methoxy groups -OCH3 is 1. The van der Waals surface area contributed by atoms with E-state index in [1.807, 2.05) is 0 Å². The van der Waals surface area contributed by atoms with Crippen LogP contribution < -0.4 is 10.2 Å². The molecule has 0 aliphatic carbocycles. The van der Waals surface area contributed by atoms with Gasteiger partial charge in [0.1, 0.15) is 5.82 Å². The Kier molecular flexibility index (Phi) is 7.45. The second-order valence-corrected chi connectivity index (χ2v) is 4.73. The van der Waals surface area contributed by atoms with Crippen molar-refractivity contribution in [3.05, 3.63) is 23.4 Å². The van der Waals surface area contributed by atoms with Crippen molar-refractivity contribution in [3.63, 3.8) is 0 Å². The summed E-state index contributed by atoms with van der Waals surface area (Å²) in [7, 11) is 3.83. The van der Waals surface area contributed by atoms with Gasteiger partial charge in [0.05, 0.1) is 0 Å². The molecule has 4 nitrogen and oxygen atoms in total. The van der Waals surface area contributed by atoms with Gasteiger partial charge < -0.3 is 15.0 Å². The SMILES string of the molecule is CCNCc1cc(CC)nc(N(C)CCCOC)c1. The Morgan fingerprint density at radius 3 is 2.74 bits per heavy atom. The van der Waals surface area contributed by atoms with Gasteiger partial charge in [0.25, 0.3) is 0 Å². The first kappa shape index (κ1) is 15.9. The lowest BCUT2D eigenvalue weighted by Crippen LogP contribution is -2.22. The van der Waals surface area contributed by atoms with Crippen LogP contribution in [0.1, 0.15) is 31.5 Å². The first-order valence-electron chi connectivity index (χ1n) is 7.11. The highest BCUT2D eigenvalue weighted by Crippen LogP contribution is 2.15. The normalized spacial score (nSPS) is 10.7. The standard InChI is InChI=1S/C15H27N3O/c1-5-14-10-13(12-16-6-2)11-15(17-14)18(3)8-7-9-19-4/h10-11,16H,5-9,12H2,1-4H3. The maximum atomic E-state index is 5.09. The van der Waals surface area contributed by atoms with E-state index in [0.717, 1.165) is 50.6 Å². The molecule has 0 amide bonds. The molecule has 108 valence electrons. The Morgan fingerprint density at radius 2 is 2.11 bits per heavy atom. The topological polar surface area (TPSA) is 37.4 Å². The minimum Gasteiger partial charge on any atom is -0.385 e. The van der Waals surface area contributed by atoms with Crippen molar-refractivity contribution in [1.82, 2.24) is 10.3 Å². The van der Waals surface area contributed by atoms with Crippen molar-refractivity contribution in [2.45, 2.75) is 33.2 Å². The van der Waals surface area contributed by atoms with Gasteiger partial charge >= 0.3 is 0 Å². The smallest absolute Gasteiger partial charge is 0.128 e. The van der Waals surface area contributed by atoms with Crippen molar-refractivity contribution in [2.24, 2.45) is 0 Å². The van der Waals surface area contributed by atoms with Crippen molar-refractivity contribution in [3.8, 4) is 0 Å². The molecular formula is C15H27N3O. The molecule has 0 radical (unpaired) electrons. The van der Waals surface area contributed by atoms with Crippen LogP contribution in [0, 0.1) is 0 Å². The predicted molar refractivity (Wildman–Crippen MR) is 80.8 cm³/mol. The second-order valence-electron chi connectivity index (χ2n) is 4.73. The van der Waals surface area contributed by atoms with E-state index >= 15 is 0 Å². The third-order valence-electron chi connectivity index (χ3n) is 3.10. The average Bonchev–Trinajstić information content (AvgIpc) is 2.44. The molecule has 0 atom stereocenters. The first-order valence-corrected chi connectivity index (χ1v) is 7.11. The lowest BCUT2D eigenvalue weighted by molar-refractivity contribution is 0.196. The van der Waals surface area contributed by atoms with Crippen LogP contribution in [0.4, 0.5) is 5.82 Å². The molecule has 0 aromatic carbocycles. The number of pyridine rings is 1. The molecular weight excluding hydrogens is 238 g/mol. The predicted octanol–water partition coefficient (Wildman–Crippen LogP) is 2.23. The van der Waals surface area contributed by atoms with Gasteiger partial charge in [-0.2, -0.15) is 0 Å². The Balaban J connectivity index is 2.74. The van der Waals surface area contributed by atoms with Gasteiger partial charge in [0, 0.05) is 39.5 Å². The number of hydrogen-bond acceptors (Lipinski definition) is 4. The number of hydrogen-bond donors (Lipinski definition) is 1. The number of aryl methyl sites for hydroxylation is 1. The third-order valence-corrected chi connectivity index (χ3v) is 3.10. The summed E-state index contributed by atoms with van der Waals surface area (Å²) in [6, 6.07) is 4.36. The number of aromatic nitrogens is 1. The van der Waals surface area contributed by atoms with E-state index in [1.165, 1.54) is 5.56 Å². The van der Waals surface area contributed by atoms with E-state index in [-0.39, 0.29) is 0 Å². The maximum Gasteiger partial charge on any atom is 0.128 e. The van der Waals surface area contributed by atoms with Gasteiger partial charge in [-0.1, -0.05) is 13.8 Å². The van der Waals surface area contributed by atoms with Gasteiger partial charge in [-0.15, -0.1) is 0 Å². The Bertz CT molecular complexity index is 368. The fraction of sp³-hybridized carbons (Fsp3) is 0.667. The highest BCUT2D eigenvalue weighted by atomic mass is 16.5. The van der Waals surface area contributed by atoms with Crippen LogP contribution in [-0.4, -0.2) is 38.8 Å². The number of rotatable bonds is 9. The first-order chi connectivity index (χ1) is 9.21. The molecule has 4 heteroatoms. The lowest BCUT2D eigenvalue weighted by Gasteiger charge is -2.20. The molecule has 1 rings (SSSR count). The quantitative estimate of drug-likeness (QED) is 0.695. The van der Waals surface area contributed by atoms with Gasteiger partial charge in [0.15, 0.2) is 0 Å². The number of anilines is 1. The molecule has 0 unspecified atom stereocenters. The van der Waals surface area contributed by atoms with Gasteiger partial charge in [0.2, 0.25) is 0 Å². The molecule has 0 aliphatic rings. The van der Waals surface area contributed by atoms with Crippen LogP contribution >= 0.6 is 0 Å². The monoisotopic (exact) mass is 265 g/mol. The zero-order valence-corrected chi connectivity index (χ0v) is 12.7. The van der Waals surface area contributed by atoms with Crippen LogP contribution in [0.3, 0.4) is 0 Å². The zero-order chi connectivity index (χ0) is 14.1. The van der Waals surface area contributed by atoms with Crippen LogP contribution in [-0.2, 0) is 17.7 Å². The zero-order valence-electron chi connectivity index (χ0n) is 12.7. The summed E-state index contributed by atoms with van der Waals surface area (Å²) in [4.78, 5) is 6.90. The van der Waals surface area contributed by atoms with Crippen LogP contribution in [0.15, 0.2) is 12.1 Å². The number of nitrogens with one attached hydrogen (secondary N) is 1. The van der Waals surface area contributed by atoms with Crippen molar-refractivity contribution >= 4 is 5.82 Å². The minimum absolute atomic E-state index is 0.794. The van der Waals surface area contributed by atoms with E-state index < -0.39 is 0 Å². The summed E-state index contributed by atoms with van der Waals surface area (Å²) < 4.78 is 5.09. The van der Waals surface area contributed by atoms with E-state index in [9.17, 15) is 0 Å². The highest BCUT2D eigenvalue weighted by molar-refractivity contribution is 5.42. The average molecular weight is 265 g/mol. The molecule has 1 N–H and O–H groups in total. The van der Waals surface area contributed by atoms with Crippen LogP contribution in [0.2, 0.25) is 0 Å². The van der Waals surface area contributed by atoms with Gasteiger partial charge in [-0.05, 0) is 37.1 Å². The molecule has 1 aromatic rings. The van der Waals surface area contributed by atoms with Gasteiger partial charge in [-0.25, -0.2) is 4.98 Å². The van der Waals surface area contributed by atoms with Crippen molar-refractivity contribution in [1.29, 1.82) is 0 Å². The molecule has 1 aromatic heterocycles. The summed E-state index contributed by atoms with van der Waals surface area (Å²) in [6.07, 6.45) is 1.99. The summed E-state index contributed by atoms with van der Waals surface area (Å²) in [5, 5.41) is 3.37. The molecule has 0 saturated carbocycles. The Morgan fingerprint density at radius 1 is 1.32 bits per heavy atom. The Hall–Kier alpha value is -1.13. The third kappa shape index (κ3) is 5.57. The van der Waals surface area contributed by atoms with Crippen LogP contribution in [0.5, 0.6) is 0 Å². The summed E-state index contributed by atoms with van der Waals surface area (Å²) in [5.41, 5.74) is 2.46. The van der Waals surface area contributed by atoms with Crippen molar-refractivity contribution in [2.75, 3.05) is 38.8 Å². The highest BCUT2D eigenvalue weighted by Gasteiger charge is 2.06. The van der Waals surface area contributed by atoms with Gasteiger partial charge in [-0.3, -0.25) is 0 Å². The molecule has 0 saturated heterocycles. The van der Waals surface area contributed by atoms with E-state index in [1.54, 1.807) is 7.11 Å². The lowest BCUT2D eigenvalue weighted by atomic mass is 10.2. The van der Waals surface area contributed by atoms with E-state index in [0.29, 0.717) is 0 Å². The maximum absolute atomic E-state index is 5.09. The van der Waals surface area contributed by atoms with E-state index in [2.05, 4.69) is 43.2 Å². The Labute approximate surface area is 117 Å². The summed E-state index contributed by atoms with van der Waals surface area (Å²) in [6.45, 7) is 7.93. The fourth-order valence-corrected chi connectivity index (χ4v) is 1.94. The minimum atomic E-state index is 0.794. The summed E-state index contributed by atoms with van der Waals surface area (Å²) in [5.74, 6) is 1.06. The molecule has 0 bridgehead atoms. The summed E-state index contributed by atoms with van der Waals surface area (Å²) >= 11 is 0. The number of ether oxygens (including phenoxy) is 1. The number of nitrogens with zero attached hydrogens (tertiary/aromatic N) is 2. The fourth-order valence-electron chi connectivity index (χ4n) is 1.94. The molecule has 1 heterocycles. The molecule has 19 heavy (non-hydrogen) atoms. The van der Waals surface area contributed by atoms with E-state index in [4.69, 9.17) is 9.72 Å². The molecule has 0 fully saturated rings. The largest absolute Gasteiger partial charge is 0.385 e. The van der Waals surface area contributed by atoms with Crippen LogP contribution in [0.25, 0.3) is 0 Å².